The number of methoxy groups -OCH3 is 1. The number of aryl methyl sites for hydroxylation is 2. The molecule has 0 aliphatic heterocycles. The highest BCUT2D eigenvalue weighted by atomic mass is 32.1. The Bertz CT molecular complexity index is 406. The average molecular weight is 250 g/mol. The Balaban J connectivity index is 1.88. The number of anilines is 1. The minimum Gasteiger partial charge on any atom is -0.383 e. The van der Waals surface area contributed by atoms with Gasteiger partial charge in [-0.05, 0) is 54.7 Å². The molecule has 0 radical (unpaired) electrons. The fraction of sp³-hybridized carbons (Fsp3) is 0.462. The maximum Gasteiger partial charge on any atom is 0.170 e. The molecule has 0 aromatic heterocycles. The Kier molecular flexibility index (Phi) is 4.34. The number of benzene rings is 1. The molecule has 0 bridgehead atoms. The van der Waals surface area contributed by atoms with Gasteiger partial charge in [0.05, 0.1) is 6.61 Å². The zero-order chi connectivity index (χ0) is 12.1. The predicted molar refractivity (Wildman–Crippen MR) is 74.6 cm³/mol. The fourth-order valence-electron chi connectivity index (χ4n) is 2.09. The summed E-state index contributed by atoms with van der Waals surface area (Å²) >= 11 is 5.20. The summed E-state index contributed by atoms with van der Waals surface area (Å²) in [4.78, 5) is 0. The molecular weight excluding hydrogens is 232 g/mol. The third-order valence-corrected chi connectivity index (χ3v) is 3.19. The molecule has 0 fully saturated rings. The Morgan fingerprint density at radius 1 is 1.35 bits per heavy atom. The van der Waals surface area contributed by atoms with Gasteiger partial charge in [-0.15, -0.1) is 0 Å². The van der Waals surface area contributed by atoms with E-state index < -0.39 is 0 Å². The van der Waals surface area contributed by atoms with E-state index in [1.165, 1.54) is 30.4 Å². The Morgan fingerprint density at radius 3 is 3.00 bits per heavy atom. The van der Waals surface area contributed by atoms with Gasteiger partial charge in [-0.2, -0.15) is 0 Å². The zero-order valence-corrected chi connectivity index (χ0v) is 10.9. The second-order valence-corrected chi connectivity index (χ2v) is 4.62. The highest BCUT2D eigenvalue weighted by molar-refractivity contribution is 7.80. The molecule has 0 heterocycles. The molecular formula is C13H18N2OS. The Hall–Kier alpha value is -1.13. The van der Waals surface area contributed by atoms with E-state index in [9.17, 15) is 0 Å². The van der Waals surface area contributed by atoms with Crippen LogP contribution in [0.5, 0.6) is 0 Å². The molecule has 17 heavy (non-hydrogen) atoms. The summed E-state index contributed by atoms with van der Waals surface area (Å²) in [5.74, 6) is 0. The van der Waals surface area contributed by atoms with E-state index in [4.69, 9.17) is 17.0 Å². The normalized spacial score (nSPS) is 13.2. The minimum atomic E-state index is 0.653. The van der Waals surface area contributed by atoms with Crippen molar-refractivity contribution in [2.45, 2.75) is 19.3 Å². The van der Waals surface area contributed by atoms with Gasteiger partial charge >= 0.3 is 0 Å². The summed E-state index contributed by atoms with van der Waals surface area (Å²) < 4.78 is 4.95. The van der Waals surface area contributed by atoms with Crippen LogP contribution in [0.25, 0.3) is 0 Å². The van der Waals surface area contributed by atoms with Crippen LogP contribution < -0.4 is 10.6 Å². The third kappa shape index (κ3) is 3.41. The lowest BCUT2D eigenvalue weighted by Crippen LogP contribution is -2.31. The van der Waals surface area contributed by atoms with Crippen molar-refractivity contribution in [3.05, 3.63) is 29.3 Å². The van der Waals surface area contributed by atoms with E-state index >= 15 is 0 Å². The third-order valence-electron chi connectivity index (χ3n) is 2.95. The lowest BCUT2D eigenvalue weighted by Gasteiger charge is -2.11. The highest BCUT2D eigenvalue weighted by Crippen LogP contribution is 2.24. The van der Waals surface area contributed by atoms with Crippen LogP contribution in [0, 0.1) is 0 Å². The van der Waals surface area contributed by atoms with Crippen molar-refractivity contribution in [1.82, 2.24) is 5.32 Å². The molecule has 0 saturated heterocycles. The lowest BCUT2D eigenvalue weighted by molar-refractivity contribution is 0.204. The van der Waals surface area contributed by atoms with Crippen molar-refractivity contribution in [2.75, 3.05) is 25.6 Å². The minimum absolute atomic E-state index is 0.653. The smallest absolute Gasteiger partial charge is 0.170 e. The summed E-state index contributed by atoms with van der Waals surface area (Å²) in [6.07, 6.45) is 3.68. The molecule has 0 saturated carbocycles. The molecule has 0 unspecified atom stereocenters. The van der Waals surface area contributed by atoms with Crippen LogP contribution in [0.2, 0.25) is 0 Å². The number of hydrogen-bond donors (Lipinski definition) is 2. The van der Waals surface area contributed by atoms with Crippen LogP contribution in [0.15, 0.2) is 18.2 Å². The van der Waals surface area contributed by atoms with Crippen LogP contribution in [0.3, 0.4) is 0 Å². The molecule has 3 nitrogen and oxygen atoms in total. The number of hydrogen-bond acceptors (Lipinski definition) is 2. The van der Waals surface area contributed by atoms with Gasteiger partial charge in [0.25, 0.3) is 0 Å². The second-order valence-electron chi connectivity index (χ2n) is 4.21. The summed E-state index contributed by atoms with van der Waals surface area (Å²) in [5.41, 5.74) is 4.00. The molecule has 1 aliphatic carbocycles. The van der Waals surface area contributed by atoms with Gasteiger partial charge in [0.2, 0.25) is 0 Å². The summed E-state index contributed by atoms with van der Waals surface area (Å²) in [6.45, 7) is 1.39. The van der Waals surface area contributed by atoms with Gasteiger partial charge < -0.3 is 15.4 Å². The number of nitrogens with one attached hydrogen (secondary N) is 2. The van der Waals surface area contributed by atoms with Crippen molar-refractivity contribution in [3.8, 4) is 0 Å². The van der Waals surface area contributed by atoms with Crippen molar-refractivity contribution in [3.63, 3.8) is 0 Å². The molecule has 4 heteroatoms. The number of fused-ring (bicyclic) bond motifs is 1. The Morgan fingerprint density at radius 2 is 2.18 bits per heavy atom. The van der Waals surface area contributed by atoms with E-state index in [1.54, 1.807) is 7.11 Å². The second kappa shape index (κ2) is 5.98. The van der Waals surface area contributed by atoms with E-state index in [2.05, 4.69) is 28.8 Å². The first kappa shape index (κ1) is 12.3. The predicted octanol–water partition coefficient (Wildman–Crippen LogP) is 2.11. The largest absolute Gasteiger partial charge is 0.383 e. The zero-order valence-electron chi connectivity index (χ0n) is 10.1. The standard InChI is InChI=1S/C13H18N2OS/c1-16-8-7-14-13(17)15-12-6-5-10-3-2-4-11(10)9-12/h5-6,9H,2-4,7-8H2,1H3,(H2,14,15,17). The SMILES string of the molecule is COCCNC(=S)Nc1ccc2c(c1)CCC2. The van der Waals surface area contributed by atoms with Crippen LogP contribution in [0.4, 0.5) is 5.69 Å². The first-order chi connectivity index (χ1) is 8.29. The quantitative estimate of drug-likeness (QED) is 0.633. The van der Waals surface area contributed by atoms with Gasteiger partial charge in [0.1, 0.15) is 0 Å². The van der Waals surface area contributed by atoms with Crippen molar-refractivity contribution in [2.24, 2.45) is 0 Å². The summed E-state index contributed by atoms with van der Waals surface area (Å²) in [5, 5.41) is 6.94. The topological polar surface area (TPSA) is 33.3 Å². The number of thiocarbonyl (C=S) groups is 1. The molecule has 1 aromatic rings. The number of rotatable bonds is 4. The maximum atomic E-state index is 5.20. The van der Waals surface area contributed by atoms with Crippen LogP contribution >= 0.6 is 12.2 Å². The number of ether oxygens (including phenoxy) is 1. The van der Waals surface area contributed by atoms with Crippen LogP contribution in [-0.4, -0.2) is 25.4 Å². The molecule has 2 rings (SSSR count). The Labute approximate surface area is 108 Å². The molecule has 1 aliphatic rings. The van der Waals surface area contributed by atoms with Crippen molar-refractivity contribution < 1.29 is 4.74 Å². The molecule has 0 amide bonds. The first-order valence-corrected chi connectivity index (χ1v) is 6.36. The van der Waals surface area contributed by atoms with Crippen LogP contribution in [-0.2, 0) is 17.6 Å². The van der Waals surface area contributed by atoms with E-state index in [1.807, 2.05) is 0 Å². The maximum absolute atomic E-state index is 5.20. The van der Waals surface area contributed by atoms with Gasteiger partial charge in [-0.25, -0.2) is 0 Å². The van der Waals surface area contributed by atoms with Gasteiger partial charge in [-0.1, -0.05) is 6.07 Å². The monoisotopic (exact) mass is 250 g/mol. The summed E-state index contributed by atoms with van der Waals surface area (Å²) in [6, 6.07) is 6.49. The van der Waals surface area contributed by atoms with Crippen molar-refractivity contribution in [1.29, 1.82) is 0 Å². The molecule has 2 N–H and O–H groups in total. The highest BCUT2D eigenvalue weighted by Gasteiger charge is 2.10. The molecule has 92 valence electrons. The van der Waals surface area contributed by atoms with Gasteiger partial charge in [-0.3, -0.25) is 0 Å². The fourth-order valence-corrected chi connectivity index (χ4v) is 2.31. The van der Waals surface area contributed by atoms with Gasteiger partial charge in [0.15, 0.2) is 5.11 Å². The van der Waals surface area contributed by atoms with Gasteiger partial charge in [0, 0.05) is 19.3 Å². The van der Waals surface area contributed by atoms with Crippen molar-refractivity contribution >= 4 is 23.0 Å². The molecule has 0 spiro atoms. The van der Waals surface area contributed by atoms with Crippen LogP contribution in [0.1, 0.15) is 17.5 Å². The first-order valence-electron chi connectivity index (χ1n) is 5.95. The lowest BCUT2D eigenvalue weighted by atomic mass is 10.1. The summed E-state index contributed by atoms with van der Waals surface area (Å²) in [7, 11) is 1.68. The van der Waals surface area contributed by atoms with E-state index in [0.29, 0.717) is 11.7 Å². The van der Waals surface area contributed by atoms with E-state index in [0.717, 1.165) is 12.2 Å². The van der Waals surface area contributed by atoms with E-state index in [-0.39, 0.29) is 0 Å². The molecule has 1 aromatic carbocycles. The molecule has 0 atom stereocenters. The average Bonchev–Trinajstić information content (AvgIpc) is 2.76.